The summed E-state index contributed by atoms with van der Waals surface area (Å²) in [7, 11) is 0. The molecule has 0 saturated carbocycles. The second-order valence-corrected chi connectivity index (χ2v) is 5.82. The van der Waals surface area contributed by atoms with E-state index in [-0.39, 0.29) is 16.3 Å². The minimum Gasteiger partial charge on any atom is -0.354 e. The van der Waals surface area contributed by atoms with Gasteiger partial charge >= 0.3 is 0 Å². The van der Waals surface area contributed by atoms with Gasteiger partial charge in [0.2, 0.25) is 0 Å². The second kappa shape index (κ2) is 7.22. The normalized spacial score (nSPS) is 15.1. The Morgan fingerprint density at radius 2 is 1.68 bits per heavy atom. The van der Waals surface area contributed by atoms with Crippen molar-refractivity contribution in [2.75, 3.05) is 31.1 Å². The number of pyridine rings is 1. The average molecular weight is 343 g/mol. The minimum absolute atomic E-state index is 0.0203. The number of piperazine rings is 1. The van der Waals surface area contributed by atoms with Crippen molar-refractivity contribution in [3.63, 3.8) is 0 Å². The number of rotatable bonds is 5. The predicted molar refractivity (Wildman–Crippen MR) is 91.5 cm³/mol. The van der Waals surface area contributed by atoms with Crippen molar-refractivity contribution >= 4 is 17.2 Å². The first-order valence-corrected chi connectivity index (χ1v) is 7.84. The molecule has 2 aromatic rings. The molecule has 1 aromatic carbocycles. The van der Waals surface area contributed by atoms with E-state index in [0.717, 1.165) is 37.6 Å². The van der Waals surface area contributed by atoms with Crippen molar-refractivity contribution in [3.8, 4) is 0 Å². The summed E-state index contributed by atoms with van der Waals surface area (Å²) in [6, 6.07) is 9.79. The standard InChI is InChI=1S/C16H17N5O4/c22-20(23)14-3-1-2-13(10-14)12-18-6-8-19(9-7-18)16-5-4-15(11-17-16)21(24)25/h1-5,10-11H,6-9,12H2. The Balaban J connectivity index is 1.57. The number of anilines is 1. The summed E-state index contributed by atoms with van der Waals surface area (Å²) >= 11 is 0. The van der Waals surface area contributed by atoms with Crippen LogP contribution in [0.4, 0.5) is 17.2 Å². The SMILES string of the molecule is O=[N+]([O-])c1ccc(N2CCN(Cc3cccc([N+](=O)[O-])c3)CC2)nc1. The molecule has 0 bridgehead atoms. The van der Waals surface area contributed by atoms with Gasteiger partial charge in [-0.2, -0.15) is 0 Å². The third-order valence-corrected chi connectivity index (χ3v) is 4.17. The number of aromatic nitrogens is 1. The number of nitro groups is 2. The van der Waals surface area contributed by atoms with E-state index in [2.05, 4.69) is 14.8 Å². The molecule has 0 spiro atoms. The van der Waals surface area contributed by atoms with Crippen LogP contribution in [0.2, 0.25) is 0 Å². The number of benzene rings is 1. The maximum Gasteiger partial charge on any atom is 0.287 e. The molecule has 0 unspecified atom stereocenters. The first kappa shape index (κ1) is 16.8. The lowest BCUT2D eigenvalue weighted by atomic mass is 10.1. The van der Waals surface area contributed by atoms with Crippen molar-refractivity contribution in [1.29, 1.82) is 0 Å². The third kappa shape index (κ3) is 4.07. The van der Waals surface area contributed by atoms with Crippen molar-refractivity contribution in [3.05, 3.63) is 68.4 Å². The molecule has 3 rings (SSSR count). The number of non-ortho nitro benzene ring substituents is 1. The smallest absolute Gasteiger partial charge is 0.287 e. The van der Waals surface area contributed by atoms with Gasteiger partial charge < -0.3 is 4.90 Å². The average Bonchev–Trinajstić information content (AvgIpc) is 2.63. The van der Waals surface area contributed by atoms with Crippen LogP contribution in [0.5, 0.6) is 0 Å². The fraction of sp³-hybridized carbons (Fsp3) is 0.312. The molecule has 25 heavy (non-hydrogen) atoms. The molecule has 0 N–H and O–H groups in total. The highest BCUT2D eigenvalue weighted by Gasteiger charge is 2.19. The van der Waals surface area contributed by atoms with E-state index in [1.807, 2.05) is 6.07 Å². The van der Waals surface area contributed by atoms with Crippen LogP contribution in [0.1, 0.15) is 5.56 Å². The Morgan fingerprint density at radius 3 is 2.28 bits per heavy atom. The first-order chi connectivity index (χ1) is 12.0. The summed E-state index contributed by atoms with van der Waals surface area (Å²) in [6.07, 6.45) is 1.27. The van der Waals surface area contributed by atoms with E-state index in [1.165, 1.54) is 18.3 Å². The summed E-state index contributed by atoms with van der Waals surface area (Å²) in [6.45, 7) is 3.74. The number of hydrogen-bond acceptors (Lipinski definition) is 7. The molecule has 1 saturated heterocycles. The lowest BCUT2D eigenvalue weighted by Gasteiger charge is -2.35. The zero-order chi connectivity index (χ0) is 17.8. The van der Waals surface area contributed by atoms with E-state index in [1.54, 1.807) is 18.2 Å². The molecule has 1 aliphatic heterocycles. The molecule has 0 amide bonds. The molecule has 1 fully saturated rings. The molecule has 0 atom stereocenters. The van der Waals surface area contributed by atoms with Crippen LogP contribution < -0.4 is 4.90 Å². The number of nitro benzene ring substituents is 1. The van der Waals surface area contributed by atoms with Crippen molar-refractivity contribution in [2.24, 2.45) is 0 Å². The van der Waals surface area contributed by atoms with E-state index in [0.29, 0.717) is 6.54 Å². The van der Waals surface area contributed by atoms with Crippen LogP contribution in [0.3, 0.4) is 0 Å². The van der Waals surface area contributed by atoms with E-state index in [4.69, 9.17) is 0 Å². The van der Waals surface area contributed by atoms with Gasteiger partial charge in [0.05, 0.1) is 9.85 Å². The van der Waals surface area contributed by atoms with Gasteiger partial charge in [0.15, 0.2) is 0 Å². The van der Waals surface area contributed by atoms with Gasteiger partial charge in [0.1, 0.15) is 12.0 Å². The Morgan fingerprint density at radius 1 is 0.960 bits per heavy atom. The highest BCUT2D eigenvalue weighted by atomic mass is 16.6. The molecular formula is C16H17N5O4. The van der Waals surface area contributed by atoms with E-state index in [9.17, 15) is 20.2 Å². The molecule has 2 heterocycles. The Hall–Kier alpha value is -3.07. The molecule has 130 valence electrons. The van der Waals surface area contributed by atoms with E-state index < -0.39 is 4.92 Å². The van der Waals surface area contributed by atoms with Crippen LogP contribution in [-0.4, -0.2) is 45.9 Å². The van der Waals surface area contributed by atoms with Crippen LogP contribution in [0, 0.1) is 20.2 Å². The zero-order valence-corrected chi connectivity index (χ0v) is 13.4. The second-order valence-electron chi connectivity index (χ2n) is 5.82. The summed E-state index contributed by atoms with van der Waals surface area (Å²) in [5, 5.41) is 21.5. The Kier molecular flexibility index (Phi) is 4.85. The molecular weight excluding hydrogens is 326 g/mol. The van der Waals surface area contributed by atoms with Crippen molar-refractivity contribution in [1.82, 2.24) is 9.88 Å². The Bertz CT molecular complexity index is 772. The quantitative estimate of drug-likeness (QED) is 0.605. The summed E-state index contributed by atoms with van der Waals surface area (Å²) in [5.74, 6) is 0.723. The maximum atomic E-state index is 10.8. The van der Waals surface area contributed by atoms with Crippen LogP contribution in [0.15, 0.2) is 42.6 Å². The minimum atomic E-state index is -0.465. The maximum absolute atomic E-state index is 10.8. The summed E-state index contributed by atoms with van der Waals surface area (Å²) in [5.41, 5.74) is 0.996. The largest absolute Gasteiger partial charge is 0.354 e. The number of nitrogens with zero attached hydrogens (tertiary/aromatic N) is 5. The van der Waals surface area contributed by atoms with Crippen LogP contribution in [-0.2, 0) is 6.54 Å². The summed E-state index contributed by atoms with van der Waals surface area (Å²) in [4.78, 5) is 29.1. The zero-order valence-electron chi connectivity index (χ0n) is 13.4. The van der Waals surface area contributed by atoms with Gasteiger partial charge in [-0.15, -0.1) is 0 Å². The third-order valence-electron chi connectivity index (χ3n) is 4.17. The topological polar surface area (TPSA) is 106 Å². The highest BCUT2D eigenvalue weighted by molar-refractivity contribution is 5.43. The fourth-order valence-corrected chi connectivity index (χ4v) is 2.83. The lowest BCUT2D eigenvalue weighted by Crippen LogP contribution is -2.46. The van der Waals surface area contributed by atoms with Crippen molar-refractivity contribution in [2.45, 2.75) is 6.54 Å². The van der Waals surface area contributed by atoms with Crippen LogP contribution >= 0.6 is 0 Å². The molecule has 0 aliphatic carbocycles. The van der Waals surface area contributed by atoms with Crippen molar-refractivity contribution < 1.29 is 9.85 Å². The number of hydrogen-bond donors (Lipinski definition) is 0. The van der Waals surface area contributed by atoms with Gasteiger partial charge in [-0.05, 0) is 11.6 Å². The first-order valence-electron chi connectivity index (χ1n) is 7.84. The highest BCUT2D eigenvalue weighted by Crippen LogP contribution is 2.19. The summed E-state index contributed by atoms with van der Waals surface area (Å²) < 4.78 is 0. The molecule has 1 aliphatic rings. The molecule has 9 nitrogen and oxygen atoms in total. The van der Waals surface area contributed by atoms with Gasteiger partial charge in [-0.25, -0.2) is 4.98 Å². The van der Waals surface area contributed by atoms with E-state index >= 15 is 0 Å². The molecule has 9 heteroatoms. The monoisotopic (exact) mass is 343 g/mol. The van der Waals surface area contributed by atoms with Gasteiger partial charge in [-0.1, -0.05) is 12.1 Å². The van der Waals surface area contributed by atoms with Crippen LogP contribution in [0.25, 0.3) is 0 Å². The lowest BCUT2D eigenvalue weighted by molar-refractivity contribution is -0.385. The Labute approximate surface area is 143 Å². The molecule has 1 aromatic heterocycles. The fourth-order valence-electron chi connectivity index (χ4n) is 2.83. The molecule has 0 radical (unpaired) electrons. The van der Waals surface area contributed by atoms with Gasteiger partial charge in [0, 0.05) is 50.9 Å². The van der Waals surface area contributed by atoms with Gasteiger partial charge in [-0.3, -0.25) is 25.1 Å². The predicted octanol–water partition coefficient (Wildman–Crippen LogP) is 2.22. The van der Waals surface area contributed by atoms with Gasteiger partial charge in [0.25, 0.3) is 11.4 Å².